The Hall–Kier alpha value is -1.95. The molecule has 3 aromatic rings. The Morgan fingerprint density at radius 1 is 0.760 bits per heavy atom. The topological polar surface area (TPSA) is 20.2 Å². The molecule has 0 bridgehead atoms. The zero-order valence-corrected chi connectivity index (χ0v) is 16.0. The third-order valence-electron chi connectivity index (χ3n) is 4.39. The molecule has 0 aliphatic carbocycles. The molecule has 0 fully saturated rings. The summed E-state index contributed by atoms with van der Waals surface area (Å²) in [6.07, 6.45) is 0. The van der Waals surface area contributed by atoms with E-state index in [0.29, 0.717) is 0 Å². The fourth-order valence-electron chi connectivity index (χ4n) is 2.95. The molecule has 0 saturated heterocycles. The molecule has 0 heterocycles. The Labute approximate surface area is 152 Å². The van der Waals surface area contributed by atoms with E-state index in [0.717, 1.165) is 5.56 Å². The van der Waals surface area contributed by atoms with Gasteiger partial charge >= 0.3 is 0 Å². The second kappa shape index (κ2) is 7.52. The molecular weight excluding hydrogens is 323 g/mol. The highest BCUT2D eigenvalue weighted by Gasteiger charge is 2.22. The van der Waals surface area contributed by atoms with Gasteiger partial charge in [-0.15, -0.1) is 0 Å². The second-order valence-corrected chi connectivity index (χ2v) is 9.44. The number of benzene rings is 3. The SMILES string of the molecule is CC(C)(C)c1ccc(CO)c(P(c2ccccc2)c2ccccc2)c1. The maximum Gasteiger partial charge on any atom is 0.0688 e. The van der Waals surface area contributed by atoms with E-state index in [-0.39, 0.29) is 12.0 Å². The normalized spacial score (nSPS) is 11.7. The lowest BCUT2D eigenvalue weighted by Gasteiger charge is -2.26. The summed E-state index contributed by atoms with van der Waals surface area (Å²) in [6, 6.07) is 27.8. The fourth-order valence-corrected chi connectivity index (χ4v) is 5.45. The van der Waals surface area contributed by atoms with Crippen molar-refractivity contribution in [3.05, 3.63) is 90.0 Å². The van der Waals surface area contributed by atoms with Crippen molar-refractivity contribution in [3.63, 3.8) is 0 Å². The molecule has 25 heavy (non-hydrogen) atoms. The van der Waals surface area contributed by atoms with Crippen molar-refractivity contribution < 1.29 is 5.11 Å². The van der Waals surface area contributed by atoms with E-state index >= 15 is 0 Å². The Morgan fingerprint density at radius 3 is 1.72 bits per heavy atom. The number of rotatable bonds is 4. The lowest BCUT2D eigenvalue weighted by Crippen LogP contribution is -2.25. The van der Waals surface area contributed by atoms with Crippen molar-refractivity contribution in [2.75, 3.05) is 0 Å². The second-order valence-electron chi connectivity index (χ2n) is 7.26. The molecule has 2 heteroatoms. The van der Waals surface area contributed by atoms with Gasteiger partial charge in [-0.3, -0.25) is 0 Å². The number of aliphatic hydroxyl groups is 1. The number of hydrogen-bond acceptors (Lipinski definition) is 1. The summed E-state index contributed by atoms with van der Waals surface area (Å²) in [5.74, 6) is 0. The van der Waals surface area contributed by atoms with E-state index in [4.69, 9.17) is 0 Å². The lowest BCUT2D eigenvalue weighted by atomic mass is 9.87. The maximum atomic E-state index is 9.97. The minimum Gasteiger partial charge on any atom is -0.392 e. The van der Waals surface area contributed by atoms with E-state index in [2.05, 4.69) is 99.6 Å². The smallest absolute Gasteiger partial charge is 0.0688 e. The van der Waals surface area contributed by atoms with Crippen molar-refractivity contribution in [2.45, 2.75) is 32.8 Å². The van der Waals surface area contributed by atoms with Crippen LogP contribution in [0.1, 0.15) is 31.9 Å². The van der Waals surface area contributed by atoms with Crippen molar-refractivity contribution in [3.8, 4) is 0 Å². The summed E-state index contributed by atoms with van der Waals surface area (Å²) in [5, 5.41) is 13.8. The molecule has 1 nitrogen and oxygen atoms in total. The summed E-state index contributed by atoms with van der Waals surface area (Å²) in [5.41, 5.74) is 2.41. The van der Waals surface area contributed by atoms with Crippen molar-refractivity contribution in [1.29, 1.82) is 0 Å². The zero-order valence-electron chi connectivity index (χ0n) is 15.1. The van der Waals surface area contributed by atoms with E-state index in [1.165, 1.54) is 21.5 Å². The highest BCUT2D eigenvalue weighted by atomic mass is 31.1. The van der Waals surface area contributed by atoms with Crippen LogP contribution in [0, 0.1) is 0 Å². The average molecular weight is 348 g/mol. The molecule has 0 aliphatic heterocycles. The molecule has 0 spiro atoms. The fraction of sp³-hybridized carbons (Fsp3) is 0.217. The van der Waals surface area contributed by atoms with Crippen LogP contribution in [0.3, 0.4) is 0 Å². The van der Waals surface area contributed by atoms with Gasteiger partial charge in [-0.05, 0) is 46.4 Å². The molecule has 3 rings (SSSR count). The van der Waals surface area contributed by atoms with Gasteiger partial charge in [0.05, 0.1) is 6.61 Å². The van der Waals surface area contributed by atoms with Crippen LogP contribution in [0.15, 0.2) is 78.9 Å². The predicted molar refractivity (Wildman–Crippen MR) is 110 cm³/mol. The number of hydrogen-bond donors (Lipinski definition) is 1. The van der Waals surface area contributed by atoms with Gasteiger partial charge in [-0.1, -0.05) is 93.6 Å². The standard InChI is InChI=1S/C23H25OP/c1-23(2,3)19-15-14-18(17-24)22(16-19)25(20-10-6-4-7-11-20)21-12-8-5-9-13-21/h4-16,24H,17H2,1-3H3. The third kappa shape index (κ3) is 4.00. The Morgan fingerprint density at radius 2 is 1.28 bits per heavy atom. The predicted octanol–water partition coefficient (Wildman–Crippen LogP) is 4.23. The largest absolute Gasteiger partial charge is 0.392 e. The third-order valence-corrected chi connectivity index (χ3v) is 6.92. The van der Waals surface area contributed by atoms with Crippen LogP contribution in [0.2, 0.25) is 0 Å². The van der Waals surface area contributed by atoms with Crippen LogP contribution in [0.25, 0.3) is 0 Å². The first-order chi connectivity index (χ1) is 12.0. The summed E-state index contributed by atoms with van der Waals surface area (Å²) in [6.45, 7) is 6.77. The van der Waals surface area contributed by atoms with E-state index in [9.17, 15) is 5.11 Å². The molecule has 128 valence electrons. The average Bonchev–Trinajstić information content (AvgIpc) is 2.63. The minimum atomic E-state index is -0.696. The first-order valence-electron chi connectivity index (χ1n) is 8.65. The molecule has 0 amide bonds. The van der Waals surface area contributed by atoms with Gasteiger partial charge in [0.25, 0.3) is 0 Å². The van der Waals surface area contributed by atoms with Gasteiger partial charge in [0.15, 0.2) is 0 Å². The Kier molecular flexibility index (Phi) is 5.37. The van der Waals surface area contributed by atoms with Crippen LogP contribution in [0.5, 0.6) is 0 Å². The molecular formula is C23H25OP. The molecule has 3 aromatic carbocycles. The van der Waals surface area contributed by atoms with Gasteiger partial charge in [0, 0.05) is 0 Å². The Balaban J connectivity index is 2.23. The van der Waals surface area contributed by atoms with Gasteiger partial charge in [-0.25, -0.2) is 0 Å². The van der Waals surface area contributed by atoms with Crippen LogP contribution >= 0.6 is 7.92 Å². The van der Waals surface area contributed by atoms with Crippen LogP contribution in [-0.2, 0) is 12.0 Å². The zero-order chi connectivity index (χ0) is 17.9. The van der Waals surface area contributed by atoms with Crippen LogP contribution < -0.4 is 15.9 Å². The molecule has 0 aliphatic rings. The summed E-state index contributed by atoms with van der Waals surface area (Å²) >= 11 is 0. The highest BCUT2D eigenvalue weighted by molar-refractivity contribution is 7.79. The minimum absolute atomic E-state index is 0.0677. The molecule has 1 N–H and O–H groups in total. The van der Waals surface area contributed by atoms with Crippen molar-refractivity contribution in [2.24, 2.45) is 0 Å². The van der Waals surface area contributed by atoms with Crippen LogP contribution in [0.4, 0.5) is 0 Å². The molecule has 0 atom stereocenters. The summed E-state index contributed by atoms with van der Waals surface area (Å²) in [7, 11) is -0.696. The van der Waals surface area contributed by atoms with Gasteiger partial charge in [0.1, 0.15) is 0 Å². The monoisotopic (exact) mass is 348 g/mol. The lowest BCUT2D eigenvalue weighted by molar-refractivity contribution is 0.283. The van der Waals surface area contributed by atoms with E-state index in [1.54, 1.807) is 0 Å². The molecule has 0 saturated carbocycles. The van der Waals surface area contributed by atoms with Crippen LogP contribution in [-0.4, -0.2) is 5.11 Å². The maximum absolute atomic E-state index is 9.97. The highest BCUT2D eigenvalue weighted by Crippen LogP contribution is 2.36. The Bertz CT molecular complexity index is 780. The molecule has 0 radical (unpaired) electrons. The van der Waals surface area contributed by atoms with Crippen molar-refractivity contribution in [1.82, 2.24) is 0 Å². The van der Waals surface area contributed by atoms with E-state index < -0.39 is 7.92 Å². The first-order valence-corrected chi connectivity index (χ1v) is 9.99. The molecule has 0 aromatic heterocycles. The summed E-state index contributed by atoms with van der Waals surface area (Å²) in [4.78, 5) is 0. The molecule has 0 unspecified atom stereocenters. The summed E-state index contributed by atoms with van der Waals surface area (Å²) < 4.78 is 0. The van der Waals surface area contributed by atoms with E-state index in [1.807, 2.05) is 0 Å². The van der Waals surface area contributed by atoms with Gasteiger partial charge < -0.3 is 5.11 Å². The van der Waals surface area contributed by atoms with Gasteiger partial charge in [-0.2, -0.15) is 0 Å². The van der Waals surface area contributed by atoms with Gasteiger partial charge in [0.2, 0.25) is 0 Å². The van der Waals surface area contributed by atoms with Crippen molar-refractivity contribution >= 4 is 23.8 Å². The number of aliphatic hydroxyl groups excluding tert-OH is 1. The quantitative estimate of drug-likeness (QED) is 0.700. The first kappa shape index (κ1) is 17.9.